The Morgan fingerprint density at radius 3 is 2.67 bits per heavy atom. The summed E-state index contributed by atoms with van der Waals surface area (Å²) in [6.07, 6.45) is 4.02. The molecule has 18 heavy (non-hydrogen) atoms. The third-order valence-electron chi connectivity index (χ3n) is 2.78. The molecule has 0 radical (unpaired) electrons. The van der Waals surface area contributed by atoms with Crippen molar-refractivity contribution >= 4 is 11.6 Å². The van der Waals surface area contributed by atoms with Crippen molar-refractivity contribution in [3.8, 4) is 5.75 Å². The van der Waals surface area contributed by atoms with Gasteiger partial charge in [-0.3, -0.25) is 0 Å². The number of nitrogens with one attached hydrogen (secondary N) is 1. The number of aryl methyl sites for hydroxylation is 1. The highest BCUT2D eigenvalue weighted by Crippen LogP contribution is 2.14. The second-order valence-electron chi connectivity index (χ2n) is 4.31. The third-order valence-corrected chi connectivity index (χ3v) is 2.96. The Morgan fingerprint density at radius 1 is 1.33 bits per heavy atom. The van der Waals surface area contributed by atoms with E-state index in [0.29, 0.717) is 12.6 Å². The van der Waals surface area contributed by atoms with Gasteiger partial charge in [-0.15, -0.1) is 0 Å². The average Bonchev–Trinajstić information content (AvgIpc) is 2.38. The van der Waals surface area contributed by atoms with Crippen LogP contribution in [-0.4, -0.2) is 19.2 Å². The van der Waals surface area contributed by atoms with Crippen molar-refractivity contribution in [1.29, 1.82) is 0 Å². The van der Waals surface area contributed by atoms with E-state index >= 15 is 0 Å². The van der Waals surface area contributed by atoms with Crippen molar-refractivity contribution in [2.45, 2.75) is 32.7 Å². The Balaban J connectivity index is 2.35. The van der Waals surface area contributed by atoms with Gasteiger partial charge in [0.1, 0.15) is 12.4 Å². The topological polar surface area (TPSA) is 21.3 Å². The summed E-state index contributed by atoms with van der Waals surface area (Å²) in [6, 6.07) is 8.83. The zero-order valence-corrected chi connectivity index (χ0v) is 11.9. The fourth-order valence-corrected chi connectivity index (χ4v) is 1.84. The number of hydrogen-bond acceptors (Lipinski definition) is 2. The first-order valence-corrected chi connectivity index (χ1v) is 6.90. The predicted molar refractivity (Wildman–Crippen MR) is 78.4 cm³/mol. The summed E-state index contributed by atoms with van der Waals surface area (Å²) in [5.41, 5.74) is 2.82. The van der Waals surface area contributed by atoms with Gasteiger partial charge >= 0.3 is 0 Å². The highest BCUT2D eigenvalue weighted by molar-refractivity contribution is 6.25. The Kier molecular flexibility index (Phi) is 7.54. The van der Waals surface area contributed by atoms with E-state index in [-0.39, 0.29) is 0 Å². The molecule has 2 nitrogen and oxygen atoms in total. The molecule has 100 valence electrons. The Labute approximate surface area is 115 Å². The number of ether oxygens (including phenoxy) is 1. The Bertz CT molecular complexity index is 348. The van der Waals surface area contributed by atoms with Crippen LogP contribution in [0.25, 0.3) is 0 Å². The van der Waals surface area contributed by atoms with Gasteiger partial charge in [-0.1, -0.05) is 30.7 Å². The van der Waals surface area contributed by atoms with Gasteiger partial charge in [-0.25, -0.2) is 0 Å². The lowest BCUT2D eigenvalue weighted by Gasteiger charge is -2.12. The Morgan fingerprint density at radius 2 is 2.06 bits per heavy atom. The van der Waals surface area contributed by atoms with Crippen LogP contribution < -0.4 is 10.1 Å². The van der Waals surface area contributed by atoms with Crippen molar-refractivity contribution < 1.29 is 4.74 Å². The first-order chi connectivity index (χ1) is 8.76. The molecule has 1 aromatic carbocycles. The first-order valence-electron chi connectivity index (χ1n) is 6.46. The van der Waals surface area contributed by atoms with E-state index in [1.807, 2.05) is 12.1 Å². The second kappa shape index (κ2) is 9.01. The maximum absolute atomic E-state index is 5.48. The Hall–Kier alpha value is -0.990. The molecule has 0 heterocycles. The van der Waals surface area contributed by atoms with Crippen molar-refractivity contribution in [1.82, 2.24) is 5.32 Å². The third kappa shape index (κ3) is 6.08. The van der Waals surface area contributed by atoms with Gasteiger partial charge in [0.25, 0.3) is 0 Å². The van der Waals surface area contributed by atoms with E-state index in [1.165, 1.54) is 11.1 Å². The van der Waals surface area contributed by atoms with Crippen LogP contribution in [0.1, 0.15) is 25.8 Å². The first kappa shape index (κ1) is 15.1. The van der Waals surface area contributed by atoms with Gasteiger partial charge in [0.05, 0.1) is 0 Å². The largest absolute Gasteiger partial charge is 0.490 e. The average molecular weight is 268 g/mol. The standard InChI is InChI=1S/C15H22ClNO/c1-3-17-13(2)5-6-14-7-9-15(10-8-14)18-12-4-11-16/h4,7-11,13,17H,3,5-6,12H2,1-2H3/b11-4+. The van der Waals surface area contributed by atoms with Crippen LogP contribution in [0.2, 0.25) is 0 Å². The van der Waals surface area contributed by atoms with Crippen LogP contribution in [-0.2, 0) is 6.42 Å². The minimum absolute atomic E-state index is 0.514. The number of rotatable bonds is 8. The summed E-state index contributed by atoms with van der Waals surface area (Å²) in [5, 5.41) is 3.42. The molecule has 1 aromatic rings. The van der Waals surface area contributed by atoms with E-state index in [0.717, 1.165) is 25.1 Å². The molecule has 0 aliphatic rings. The van der Waals surface area contributed by atoms with E-state index in [1.54, 1.807) is 6.08 Å². The summed E-state index contributed by atoms with van der Waals surface area (Å²) in [5.74, 6) is 0.883. The van der Waals surface area contributed by atoms with Gasteiger partial charge in [0.15, 0.2) is 0 Å². The lowest BCUT2D eigenvalue weighted by atomic mass is 10.1. The number of hydrogen-bond donors (Lipinski definition) is 1. The smallest absolute Gasteiger partial charge is 0.119 e. The predicted octanol–water partition coefficient (Wildman–Crippen LogP) is 3.75. The molecule has 3 heteroatoms. The molecule has 0 aliphatic heterocycles. The van der Waals surface area contributed by atoms with Crippen molar-refractivity contribution in [3.05, 3.63) is 41.4 Å². The lowest BCUT2D eigenvalue weighted by molar-refractivity contribution is 0.363. The van der Waals surface area contributed by atoms with Crippen LogP contribution in [0.4, 0.5) is 0 Å². The highest BCUT2D eigenvalue weighted by Gasteiger charge is 2.01. The molecule has 0 bridgehead atoms. The molecule has 0 saturated carbocycles. The van der Waals surface area contributed by atoms with Crippen LogP contribution in [0.5, 0.6) is 5.75 Å². The van der Waals surface area contributed by atoms with Crippen molar-refractivity contribution in [3.63, 3.8) is 0 Å². The van der Waals surface area contributed by atoms with Gasteiger partial charge in [0.2, 0.25) is 0 Å². The maximum Gasteiger partial charge on any atom is 0.119 e. The molecule has 0 saturated heterocycles. The van der Waals surface area contributed by atoms with Crippen LogP contribution in [0.15, 0.2) is 35.9 Å². The molecule has 0 aliphatic carbocycles. The van der Waals surface area contributed by atoms with Gasteiger partial charge in [-0.2, -0.15) is 0 Å². The van der Waals surface area contributed by atoms with E-state index < -0.39 is 0 Å². The molecular formula is C15H22ClNO. The minimum atomic E-state index is 0.514. The van der Waals surface area contributed by atoms with Gasteiger partial charge in [0, 0.05) is 11.6 Å². The zero-order chi connectivity index (χ0) is 13.2. The molecule has 1 unspecified atom stereocenters. The van der Waals surface area contributed by atoms with Crippen LogP contribution in [0.3, 0.4) is 0 Å². The summed E-state index contributed by atoms with van der Waals surface area (Å²) in [7, 11) is 0. The fraction of sp³-hybridized carbons (Fsp3) is 0.467. The molecule has 0 fully saturated rings. The van der Waals surface area contributed by atoms with Crippen molar-refractivity contribution in [2.75, 3.05) is 13.2 Å². The highest BCUT2D eigenvalue weighted by atomic mass is 35.5. The van der Waals surface area contributed by atoms with E-state index in [4.69, 9.17) is 16.3 Å². The quantitative estimate of drug-likeness (QED) is 0.775. The molecule has 1 rings (SSSR count). The normalized spacial score (nSPS) is 12.8. The molecule has 1 N–H and O–H groups in total. The van der Waals surface area contributed by atoms with E-state index in [2.05, 4.69) is 31.3 Å². The molecular weight excluding hydrogens is 246 g/mol. The fourth-order valence-electron chi connectivity index (χ4n) is 1.77. The maximum atomic E-state index is 5.48. The van der Waals surface area contributed by atoms with Crippen LogP contribution >= 0.6 is 11.6 Å². The molecule has 0 spiro atoms. The SMILES string of the molecule is CCNC(C)CCc1ccc(OC/C=C/Cl)cc1. The monoisotopic (exact) mass is 267 g/mol. The summed E-state index contributed by atoms with van der Waals surface area (Å²) in [4.78, 5) is 0. The molecule has 0 amide bonds. The van der Waals surface area contributed by atoms with E-state index in [9.17, 15) is 0 Å². The molecule has 0 aromatic heterocycles. The van der Waals surface area contributed by atoms with Gasteiger partial charge in [-0.05, 0) is 50.1 Å². The summed E-state index contributed by atoms with van der Waals surface area (Å²) in [6.45, 7) is 5.90. The van der Waals surface area contributed by atoms with Gasteiger partial charge < -0.3 is 10.1 Å². The van der Waals surface area contributed by atoms with Crippen LogP contribution in [0, 0.1) is 0 Å². The number of benzene rings is 1. The van der Waals surface area contributed by atoms with Crippen molar-refractivity contribution in [2.24, 2.45) is 0 Å². The number of halogens is 1. The lowest BCUT2D eigenvalue weighted by Crippen LogP contribution is -2.25. The zero-order valence-electron chi connectivity index (χ0n) is 11.2. The molecule has 1 atom stereocenters. The summed E-state index contributed by atoms with van der Waals surface area (Å²) < 4.78 is 5.48. The summed E-state index contributed by atoms with van der Waals surface area (Å²) >= 11 is 5.42. The minimum Gasteiger partial charge on any atom is -0.490 e. The second-order valence-corrected chi connectivity index (χ2v) is 4.57.